The minimum atomic E-state index is -0.944. The number of aliphatic hydroxyl groups excluding tert-OH is 3. The van der Waals surface area contributed by atoms with Crippen LogP contribution in [-0.2, 0) is 4.74 Å². The van der Waals surface area contributed by atoms with Gasteiger partial charge >= 0.3 is 0 Å². The summed E-state index contributed by atoms with van der Waals surface area (Å²) in [4.78, 5) is 0. The van der Waals surface area contributed by atoms with Gasteiger partial charge in [0.2, 0.25) is 0 Å². The summed E-state index contributed by atoms with van der Waals surface area (Å²) in [5.74, 6) is 0. The Labute approximate surface area is 67.4 Å². The van der Waals surface area contributed by atoms with Gasteiger partial charge in [-0.1, -0.05) is 0 Å². The molecule has 0 aromatic heterocycles. The van der Waals surface area contributed by atoms with Crippen LogP contribution in [0.1, 0.15) is 6.92 Å². The van der Waals surface area contributed by atoms with E-state index in [2.05, 4.69) is 0 Å². The standard InChI is InChI=1S/C6H12O4.BH/c1-3-5(8)6(9)4(2-7)10-3;/h3-9H,2H2,1H3;1H/t3-,4+,5+,6?;/m0./s1. The summed E-state index contributed by atoms with van der Waals surface area (Å²) in [6.07, 6.45) is -2.81. The Hall–Kier alpha value is -0.0951. The van der Waals surface area contributed by atoms with Gasteiger partial charge in [-0.3, -0.25) is 0 Å². The van der Waals surface area contributed by atoms with Crippen molar-refractivity contribution in [1.29, 1.82) is 0 Å². The first-order valence-electron chi connectivity index (χ1n) is 3.29. The zero-order chi connectivity index (χ0) is 7.72. The summed E-state index contributed by atoms with van der Waals surface area (Å²) in [6.45, 7) is 1.41. The molecule has 0 aromatic carbocycles. The van der Waals surface area contributed by atoms with Gasteiger partial charge in [0.1, 0.15) is 18.3 Å². The SMILES string of the molecule is C[C@@H]1O[C@H](CO)C(O)[C@@H]1O.[BH]. The predicted molar refractivity (Wildman–Crippen MR) is 40.6 cm³/mol. The zero-order valence-corrected chi connectivity index (χ0v) is 6.47. The van der Waals surface area contributed by atoms with Gasteiger partial charge in [-0.2, -0.15) is 0 Å². The molecule has 0 aromatic rings. The quantitative estimate of drug-likeness (QED) is 0.382. The van der Waals surface area contributed by atoms with Gasteiger partial charge in [-0.05, 0) is 6.92 Å². The second-order valence-corrected chi connectivity index (χ2v) is 2.54. The highest BCUT2D eigenvalue weighted by atomic mass is 16.5. The average Bonchev–Trinajstić information content (AvgIpc) is 2.17. The van der Waals surface area contributed by atoms with Crippen LogP contribution in [0, 0.1) is 0 Å². The smallest absolute Gasteiger partial charge is 0.111 e. The number of hydrogen-bond donors (Lipinski definition) is 3. The first-order valence-corrected chi connectivity index (χ1v) is 3.29. The lowest BCUT2D eigenvalue weighted by molar-refractivity contribution is -0.0171. The van der Waals surface area contributed by atoms with E-state index in [4.69, 9.17) is 20.1 Å². The van der Waals surface area contributed by atoms with Crippen LogP contribution in [0.2, 0.25) is 0 Å². The maximum atomic E-state index is 9.09. The van der Waals surface area contributed by atoms with E-state index in [1.54, 1.807) is 6.92 Å². The molecule has 1 aliphatic heterocycles. The molecule has 1 rings (SSSR count). The van der Waals surface area contributed by atoms with Crippen molar-refractivity contribution in [2.45, 2.75) is 31.3 Å². The molecule has 1 saturated heterocycles. The second kappa shape index (κ2) is 4.06. The lowest BCUT2D eigenvalue weighted by atomic mass is 10.1. The number of ether oxygens (including phenoxy) is 1. The summed E-state index contributed by atoms with van der Waals surface area (Å²) in [6, 6.07) is 0. The molecule has 2 radical (unpaired) electrons. The van der Waals surface area contributed by atoms with Gasteiger partial charge in [0.05, 0.1) is 12.7 Å². The van der Waals surface area contributed by atoms with Crippen molar-refractivity contribution in [3.05, 3.63) is 0 Å². The van der Waals surface area contributed by atoms with E-state index in [0.29, 0.717) is 0 Å². The Kier molecular flexibility index (Phi) is 4.03. The maximum Gasteiger partial charge on any atom is 0.111 e. The molecule has 0 spiro atoms. The monoisotopic (exact) mass is 160 g/mol. The number of aliphatic hydroxyl groups is 3. The lowest BCUT2D eigenvalue weighted by Gasteiger charge is -2.10. The molecule has 11 heavy (non-hydrogen) atoms. The van der Waals surface area contributed by atoms with Crippen molar-refractivity contribution in [2.75, 3.05) is 6.61 Å². The van der Waals surface area contributed by atoms with Crippen LogP contribution in [0.15, 0.2) is 0 Å². The van der Waals surface area contributed by atoms with Gasteiger partial charge in [-0.15, -0.1) is 0 Å². The fourth-order valence-electron chi connectivity index (χ4n) is 1.09. The minimum absolute atomic E-state index is 0. The molecule has 1 fully saturated rings. The summed E-state index contributed by atoms with van der Waals surface area (Å²) >= 11 is 0. The van der Waals surface area contributed by atoms with Gasteiger partial charge in [0.15, 0.2) is 0 Å². The highest BCUT2D eigenvalue weighted by molar-refractivity contribution is 5.75. The molecular formula is C6H13BO4. The number of rotatable bonds is 1. The molecule has 5 heteroatoms. The summed E-state index contributed by atoms with van der Waals surface area (Å²) < 4.78 is 4.98. The van der Waals surface area contributed by atoms with Crippen LogP contribution in [0.3, 0.4) is 0 Å². The van der Waals surface area contributed by atoms with Crippen molar-refractivity contribution in [3.63, 3.8) is 0 Å². The Bertz CT molecular complexity index is 121. The summed E-state index contributed by atoms with van der Waals surface area (Å²) in [7, 11) is 0. The van der Waals surface area contributed by atoms with Crippen LogP contribution in [0.5, 0.6) is 0 Å². The Balaban J connectivity index is 0.000001000. The van der Waals surface area contributed by atoms with E-state index in [1.807, 2.05) is 0 Å². The first-order chi connectivity index (χ1) is 4.66. The van der Waals surface area contributed by atoms with E-state index < -0.39 is 18.3 Å². The van der Waals surface area contributed by atoms with E-state index in [0.717, 1.165) is 0 Å². The average molecular weight is 160 g/mol. The molecule has 0 bridgehead atoms. The van der Waals surface area contributed by atoms with Crippen molar-refractivity contribution >= 4 is 8.41 Å². The largest absolute Gasteiger partial charge is 0.394 e. The molecule has 0 aliphatic carbocycles. The van der Waals surface area contributed by atoms with Gasteiger partial charge in [-0.25, -0.2) is 0 Å². The molecule has 3 N–H and O–H groups in total. The third-order valence-corrected chi connectivity index (χ3v) is 1.78. The van der Waals surface area contributed by atoms with Crippen LogP contribution < -0.4 is 0 Å². The fraction of sp³-hybridized carbons (Fsp3) is 1.00. The van der Waals surface area contributed by atoms with Gasteiger partial charge in [0.25, 0.3) is 0 Å². The van der Waals surface area contributed by atoms with Crippen LogP contribution in [0.4, 0.5) is 0 Å². The third kappa shape index (κ3) is 1.93. The minimum Gasteiger partial charge on any atom is -0.394 e. The van der Waals surface area contributed by atoms with Gasteiger partial charge in [0, 0.05) is 8.41 Å². The lowest BCUT2D eigenvalue weighted by Crippen LogP contribution is -2.33. The molecule has 4 atom stereocenters. The molecule has 1 heterocycles. The maximum absolute atomic E-state index is 9.09. The van der Waals surface area contributed by atoms with E-state index in [9.17, 15) is 0 Å². The first kappa shape index (κ1) is 10.9. The summed E-state index contributed by atoms with van der Waals surface area (Å²) in [5, 5.41) is 26.8. The Morgan fingerprint density at radius 1 is 1.27 bits per heavy atom. The Morgan fingerprint density at radius 3 is 2.00 bits per heavy atom. The van der Waals surface area contributed by atoms with Crippen molar-refractivity contribution in [3.8, 4) is 0 Å². The predicted octanol–water partition coefficient (Wildman–Crippen LogP) is -2.16. The van der Waals surface area contributed by atoms with Crippen LogP contribution in [0.25, 0.3) is 0 Å². The molecular weight excluding hydrogens is 147 g/mol. The highest BCUT2D eigenvalue weighted by Crippen LogP contribution is 2.19. The zero-order valence-electron chi connectivity index (χ0n) is 6.47. The van der Waals surface area contributed by atoms with E-state index >= 15 is 0 Å². The van der Waals surface area contributed by atoms with Crippen molar-refractivity contribution in [1.82, 2.24) is 0 Å². The number of hydrogen-bond acceptors (Lipinski definition) is 4. The van der Waals surface area contributed by atoms with E-state index in [-0.39, 0.29) is 21.1 Å². The Morgan fingerprint density at radius 2 is 1.82 bits per heavy atom. The topological polar surface area (TPSA) is 69.9 Å². The van der Waals surface area contributed by atoms with Crippen molar-refractivity contribution < 1.29 is 20.1 Å². The highest BCUT2D eigenvalue weighted by Gasteiger charge is 2.39. The van der Waals surface area contributed by atoms with Gasteiger partial charge < -0.3 is 20.1 Å². The normalized spacial score (nSPS) is 43.6. The molecule has 1 unspecified atom stereocenters. The summed E-state index contributed by atoms with van der Waals surface area (Å²) in [5.41, 5.74) is 0. The van der Waals surface area contributed by atoms with E-state index in [1.165, 1.54) is 0 Å². The van der Waals surface area contributed by atoms with Crippen LogP contribution >= 0.6 is 0 Å². The molecule has 0 saturated carbocycles. The molecule has 1 aliphatic rings. The van der Waals surface area contributed by atoms with Crippen LogP contribution in [-0.4, -0.2) is 54.8 Å². The van der Waals surface area contributed by atoms with Crippen molar-refractivity contribution in [2.24, 2.45) is 0 Å². The molecule has 0 amide bonds. The fourth-order valence-corrected chi connectivity index (χ4v) is 1.09. The third-order valence-electron chi connectivity index (χ3n) is 1.78. The molecule has 64 valence electrons. The second-order valence-electron chi connectivity index (χ2n) is 2.54. The molecule has 4 nitrogen and oxygen atoms in total.